The number of hydrogen-bond acceptors (Lipinski definition) is 6. The topological polar surface area (TPSA) is 86.8 Å². The smallest absolute Gasteiger partial charge is 0.339 e. The van der Waals surface area contributed by atoms with Crippen molar-refractivity contribution < 1.29 is 23.8 Å². The molecule has 0 radical (unpaired) electrons. The molecule has 7 heteroatoms. The van der Waals surface area contributed by atoms with Crippen molar-refractivity contribution in [3.05, 3.63) is 83.9 Å². The number of nitrogens with one attached hydrogen (secondary N) is 1. The molecule has 0 fully saturated rings. The van der Waals surface area contributed by atoms with E-state index in [2.05, 4.69) is 5.32 Å². The second-order valence-corrected chi connectivity index (χ2v) is 7.54. The summed E-state index contributed by atoms with van der Waals surface area (Å²) in [5.74, 6) is 0.136. The van der Waals surface area contributed by atoms with E-state index in [1.807, 2.05) is 61.5 Å². The maximum atomic E-state index is 13.1. The van der Waals surface area contributed by atoms with Crippen molar-refractivity contribution in [2.24, 2.45) is 0 Å². The second kappa shape index (κ2) is 8.63. The van der Waals surface area contributed by atoms with Gasteiger partial charge in [0.2, 0.25) is 6.79 Å². The number of carbonyl (C=O) groups excluding carboxylic acids is 2. The molecule has 1 aromatic heterocycles. The van der Waals surface area contributed by atoms with Crippen LogP contribution < -0.4 is 14.8 Å². The monoisotopic (exact) mass is 440 g/mol. The van der Waals surface area contributed by atoms with Crippen LogP contribution in [0.25, 0.3) is 22.2 Å². The van der Waals surface area contributed by atoms with E-state index in [0.717, 1.165) is 5.56 Å². The number of rotatable bonds is 5. The van der Waals surface area contributed by atoms with Gasteiger partial charge >= 0.3 is 5.97 Å². The average Bonchev–Trinajstić information content (AvgIpc) is 3.31. The van der Waals surface area contributed by atoms with Crippen LogP contribution in [0.5, 0.6) is 11.5 Å². The first kappa shape index (κ1) is 20.5. The number of aromatic nitrogens is 1. The zero-order chi connectivity index (χ0) is 22.8. The van der Waals surface area contributed by atoms with Gasteiger partial charge in [0.05, 0.1) is 16.8 Å². The molecule has 1 amide bonds. The number of ether oxygens (including phenoxy) is 3. The number of para-hydroxylation sites is 1. The van der Waals surface area contributed by atoms with E-state index >= 15 is 0 Å². The van der Waals surface area contributed by atoms with Crippen LogP contribution in [-0.4, -0.2) is 30.3 Å². The minimum Gasteiger partial charge on any atom is -0.454 e. The third-order valence-electron chi connectivity index (χ3n) is 5.38. The van der Waals surface area contributed by atoms with Crippen LogP contribution in [-0.2, 0) is 9.53 Å². The number of nitrogens with zero attached hydrogens (tertiary/aromatic N) is 1. The highest BCUT2D eigenvalue weighted by Gasteiger charge is 2.21. The summed E-state index contributed by atoms with van der Waals surface area (Å²) in [6.45, 7) is 1.56. The molecule has 0 saturated carbocycles. The summed E-state index contributed by atoms with van der Waals surface area (Å²) in [7, 11) is 0. The van der Waals surface area contributed by atoms with Gasteiger partial charge in [0.15, 0.2) is 18.1 Å². The van der Waals surface area contributed by atoms with Gasteiger partial charge in [-0.1, -0.05) is 48.5 Å². The zero-order valence-electron chi connectivity index (χ0n) is 17.8. The number of anilines is 1. The van der Waals surface area contributed by atoms with E-state index in [4.69, 9.17) is 19.2 Å². The molecule has 1 aliphatic heterocycles. The molecular weight excluding hydrogens is 420 g/mol. The SMILES string of the molecule is Cc1c(-c2ccccc2)nc2ccccc2c1C(=O)OCC(=O)Nc1ccc2c(c1)OCO2. The van der Waals surface area contributed by atoms with Crippen LogP contribution in [0.1, 0.15) is 15.9 Å². The Balaban J connectivity index is 1.38. The number of pyridine rings is 1. The lowest BCUT2D eigenvalue weighted by Gasteiger charge is -2.14. The summed E-state index contributed by atoms with van der Waals surface area (Å²) in [5, 5.41) is 3.38. The first-order valence-electron chi connectivity index (χ1n) is 10.4. The van der Waals surface area contributed by atoms with Crippen LogP contribution in [0.3, 0.4) is 0 Å². The van der Waals surface area contributed by atoms with Crippen molar-refractivity contribution in [1.29, 1.82) is 0 Å². The highest BCUT2D eigenvalue weighted by Crippen LogP contribution is 2.34. The van der Waals surface area contributed by atoms with Gasteiger partial charge in [-0.2, -0.15) is 0 Å². The molecule has 3 aromatic carbocycles. The Kier molecular flexibility index (Phi) is 5.36. The standard InChI is InChI=1S/C26H20N2O5/c1-16-24(19-9-5-6-10-20(19)28-25(16)17-7-3-2-4-8-17)26(30)31-14-23(29)27-18-11-12-21-22(13-18)33-15-32-21/h2-13H,14-15H2,1H3,(H,27,29). The van der Waals surface area contributed by atoms with Gasteiger partial charge in [0.25, 0.3) is 5.91 Å². The van der Waals surface area contributed by atoms with E-state index in [0.29, 0.717) is 44.9 Å². The summed E-state index contributed by atoms with van der Waals surface area (Å²) < 4.78 is 16.0. The lowest BCUT2D eigenvalue weighted by atomic mass is 9.98. The minimum absolute atomic E-state index is 0.147. The molecule has 1 N–H and O–H groups in total. The summed E-state index contributed by atoms with van der Waals surface area (Å²) in [6.07, 6.45) is 0. The maximum Gasteiger partial charge on any atom is 0.339 e. The van der Waals surface area contributed by atoms with Crippen molar-refractivity contribution in [2.75, 3.05) is 18.7 Å². The summed E-state index contributed by atoms with van der Waals surface area (Å²) in [6, 6.07) is 22.1. The van der Waals surface area contributed by atoms with Crippen LogP contribution in [0.4, 0.5) is 5.69 Å². The third-order valence-corrected chi connectivity index (χ3v) is 5.38. The maximum absolute atomic E-state index is 13.1. The largest absolute Gasteiger partial charge is 0.454 e. The second-order valence-electron chi connectivity index (χ2n) is 7.54. The predicted octanol–water partition coefficient (Wildman–Crippen LogP) is 4.73. The Bertz CT molecular complexity index is 1370. The number of amides is 1. The van der Waals surface area contributed by atoms with Crippen molar-refractivity contribution in [3.8, 4) is 22.8 Å². The molecule has 2 heterocycles. The molecule has 7 nitrogen and oxygen atoms in total. The highest BCUT2D eigenvalue weighted by atomic mass is 16.7. The van der Waals surface area contributed by atoms with Gasteiger partial charge in [-0.15, -0.1) is 0 Å². The van der Waals surface area contributed by atoms with Gasteiger partial charge in [-0.25, -0.2) is 9.78 Å². The van der Waals surface area contributed by atoms with Crippen LogP contribution in [0.15, 0.2) is 72.8 Å². The molecule has 1 aliphatic rings. The Morgan fingerprint density at radius 3 is 2.58 bits per heavy atom. The molecule has 0 saturated heterocycles. The van der Waals surface area contributed by atoms with Gasteiger partial charge < -0.3 is 19.5 Å². The number of hydrogen-bond donors (Lipinski definition) is 1. The van der Waals surface area contributed by atoms with Crippen molar-refractivity contribution in [1.82, 2.24) is 4.98 Å². The predicted molar refractivity (Wildman–Crippen MR) is 123 cm³/mol. The normalized spacial score (nSPS) is 11.9. The van der Waals surface area contributed by atoms with Crippen LogP contribution in [0, 0.1) is 6.92 Å². The highest BCUT2D eigenvalue weighted by molar-refractivity contribution is 6.07. The fraction of sp³-hybridized carbons (Fsp3) is 0.115. The van der Waals surface area contributed by atoms with E-state index in [9.17, 15) is 9.59 Å². The first-order valence-corrected chi connectivity index (χ1v) is 10.4. The van der Waals surface area contributed by atoms with Gasteiger partial charge in [-0.05, 0) is 30.7 Å². The Hall–Kier alpha value is -4.39. The van der Waals surface area contributed by atoms with E-state index in [1.54, 1.807) is 18.2 Å². The molecular formula is C26H20N2O5. The summed E-state index contributed by atoms with van der Waals surface area (Å²) in [5.41, 5.74) is 3.90. The number of carbonyl (C=O) groups is 2. The molecule has 0 aliphatic carbocycles. The molecule has 0 spiro atoms. The lowest BCUT2D eigenvalue weighted by Crippen LogP contribution is -2.21. The Morgan fingerprint density at radius 1 is 0.970 bits per heavy atom. The lowest BCUT2D eigenvalue weighted by molar-refractivity contribution is -0.119. The molecule has 0 bridgehead atoms. The molecule has 0 atom stereocenters. The first-order chi connectivity index (χ1) is 16.1. The Morgan fingerprint density at radius 2 is 1.73 bits per heavy atom. The van der Waals surface area contributed by atoms with Crippen molar-refractivity contribution in [3.63, 3.8) is 0 Å². The van der Waals surface area contributed by atoms with E-state index in [-0.39, 0.29) is 6.79 Å². The molecule has 4 aromatic rings. The van der Waals surface area contributed by atoms with Crippen molar-refractivity contribution in [2.45, 2.75) is 6.92 Å². The van der Waals surface area contributed by atoms with Gasteiger partial charge in [-0.3, -0.25) is 4.79 Å². The molecule has 33 heavy (non-hydrogen) atoms. The molecule has 0 unspecified atom stereocenters. The fourth-order valence-corrected chi connectivity index (χ4v) is 3.82. The van der Waals surface area contributed by atoms with Crippen LogP contribution in [0.2, 0.25) is 0 Å². The number of esters is 1. The number of benzene rings is 3. The summed E-state index contributed by atoms with van der Waals surface area (Å²) in [4.78, 5) is 30.3. The van der Waals surface area contributed by atoms with E-state index < -0.39 is 18.5 Å². The summed E-state index contributed by atoms with van der Waals surface area (Å²) >= 11 is 0. The van der Waals surface area contributed by atoms with Crippen LogP contribution >= 0.6 is 0 Å². The Labute approximate surface area is 189 Å². The molecule has 164 valence electrons. The quantitative estimate of drug-likeness (QED) is 0.452. The minimum atomic E-state index is -0.580. The van der Waals surface area contributed by atoms with E-state index in [1.165, 1.54) is 0 Å². The molecule has 5 rings (SSSR count). The van der Waals surface area contributed by atoms with Gasteiger partial charge in [0.1, 0.15) is 0 Å². The average molecular weight is 440 g/mol. The van der Waals surface area contributed by atoms with Crippen molar-refractivity contribution >= 4 is 28.5 Å². The zero-order valence-corrected chi connectivity index (χ0v) is 17.8. The van der Waals surface area contributed by atoms with Gasteiger partial charge in [0, 0.05) is 22.7 Å². The number of fused-ring (bicyclic) bond motifs is 2. The third kappa shape index (κ3) is 4.08. The fourth-order valence-electron chi connectivity index (χ4n) is 3.82.